The Labute approximate surface area is 224 Å². The van der Waals surface area contributed by atoms with Crippen LogP contribution in [0.1, 0.15) is 57.4 Å². The van der Waals surface area contributed by atoms with Crippen LogP contribution in [0.15, 0.2) is 103 Å². The van der Waals surface area contributed by atoms with Crippen molar-refractivity contribution in [3.05, 3.63) is 137 Å². The molecule has 0 aliphatic rings. The molecule has 0 saturated carbocycles. The van der Waals surface area contributed by atoms with E-state index in [1.807, 2.05) is 79.7 Å². The second-order valence-corrected chi connectivity index (χ2v) is 9.66. The predicted molar refractivity (Wildman–Crippen MR) is 153 cm³/mol. The van der Waals surface area contributed by atoms with Gasteiger partial charge in [-0.15, -0.1) is 0 Å². The molecule has 0 atom stereocenters. The van der Waals surface area contributed by atoms with E-state index in [0.717, 1.165) is 29.5 Å². The number of anilines is 1. The average Bonchev–Trinajstić information content (AvgIpc) is 2.94. The van der Waals surface area contributed by atoms with Crippen LogP contribution >= 0.6 is 0 Å². The number of nitrogens with one attached hydrogen (secondary N) is 1. The van der Waals surface area contributed by atoms with Crippen LogP contribution in [0.4, 0.5) is 5.69 Å². The summed E-state index contributed by atoms with van der Waals surface area (Å²) in [5, 5.41) is 2.95. The predicted octanol–water partition coefficient (Wildman–Crippen LogP) is 6.93. The molecule has 0 radical (unpaired) electrons. The van der Waals surface area contributed by atoms with Gasteiger partial charge in [0.1, 0.15) is 5.78 Å². The van der Waals surface area contributed by atoms with Gasteiger partial charge in [0.05, 0.1) is 0 Å². The molecule has 0 bridgehead atoms. The highest BCUT2D eigenvalue weighted by molar-refractivity contribution is 6.10. The Bertz CT molecular complexity index is 1380. The van der Waals surface area contributed by atoms with Gasteiger partial charge in [-0.25, -0.2) is 0 Å². The summed E-state index contributed by atoms with van der Waals surface area (Å²) in [7, 11) is 0. The first-order valence-electron chi connectivity index (χ1n) is 13.1. The molecule has 0 heterocycles. The summed E-state index contributed by atoms with van der Waals surface area (Å²) in [6.07, 6.45) is 3.15. The van der Waals surface area contributed by atoms with Crippen molar-refractivity contribution in [2.75, 3.05) is 5.32 Å². The maximum absolute atomic E-state index is 13.4. The molecule has 4 aromatic carbocycles. The highest BCUT2D eigenvalue weighted by atomic mass is 16.1. The summed E-state index contributed by atoms with van der Waals surface area (Å²) in [6, 6.07) is 32.6. The van der Waals surface area contributed by atoms with Gasteiger partial charge in [0.25, 0.3) is 0 Å². The third-order valence-corrected chi connectivity index (χ3v) is 6.58. The standard InChI is InChI=1S/C34H33NO3/c1-25-15-17-27(18-16-25)23-31(36)22-20-28-19-21-30(24-32(28)34(38)29-12-6-3-7-13-29)35-33(37)14-8-11-26-9-4-2-5-10-26/h2-7,9-10,12-13,15-19,21,24H,8,11,14,20,22-23H2,1H3,(H,35,37). The zero-order valence-electron chi connectivity index (χ0n) is 21.8. The first kappa shape index (κ1) is 26.7. The summed E-state index contributed by atoms with van der Waals surface area (Å²) in [6.45, 7) is 2.02. The quantitative estimate of drug-likeness (QED) is 0.213. The van der Waals surface area contributed by atoms with Crippen LogP contribution in [-0.2, 0) is 28.9 Å². The molecule has 0 spiro atoms. The third kappa shape index (κ3) is 7.84. The summed E-state index contributed by atoms with van der Waals surface area (Å²) in [5.74, 6) is -0.0745. The van der Waals surface area contributed by atoms with Crippen LogP contribution in [-0.4, -0.2) is 17.5 Å². The number of ketones is 2. The molecule has 1 amide bonds. The molecular formula is C34H33NO3. The lowest BCUT2D eigenvalue weighted by molar-refractivity contribution is -0.118. The Morgan fingerprint density at radius 1 is 0.684 bits per heavy atom. The van der Waals surface area contributed by atoms with E-state index < -0.39 is 0 Å². The topological polar surface area (TPSA) is 63.2 Å². The van der Waals surface area contributed by atoms with Crippen LogP contribution in [0.25, 0.3) is 0 Å². The lowest BCUT2D eigenvalue weighted by atomic mass is 9.93. The van der Waals surface area contributed by atoms with Crippen molar-refractivity contribution in [3.8, 4) is 0 Å². The number of Topliss-reactive ketones (excluding diaryl/α,β-unsaturated/α-hetero) is 1. The minimum Gasteiger partial charge on any atom is -0.326 e. The molecule has 38 heavy (non-hydrogen) atoms. The molecule has 0 aliphatic carbocycles. The van der Waals surface area contributed by atoms with E-state index in [2.05, 4.69) is 17.4 Å². The van der Waals surface area contributed by atoms with Crippen molar-refractivity contribution in [1.82, 2.24) is 0 Å². The van der Waals surface area contributed by atoms with Crippen molar-refractivity contribution in [2.24, 2.45) is 0 Å². The van der Waals surface area contributed by atoms with E-state index in [9.17, 15) is 14.4 Å². The largest absolute Gasteiger partial charge is 0.326 e. The Morgan fingerprint density at radius 3 is 2.08 bits per heavy atom. The minimum absolute atomic E-state index is 0.0833. The van der Waals surface area contributed by atoms with Gasteiger partial charge in [-0.2, -0.15) is 0 Å². The average molecular weight is 504 g/mol. The molecule has 4 aromatic rings. The van der Waals surface area contributed by atoms with Crippen molar-refractivity contribution < 1.29 is 14.4 Å². The van der Waals surface area contributed by atoms with Crippen molar-refractivity contribution in [1.29, 1.82) is 0 Å². The van der Waals surface area contributed by atoms with E-state index in [0.29, 0.717) is 42.5 Å². The van der Waals surface area contributed by atoms with Crippen LogP contribution in [0, 0.1) is 6.92 Å². The van der Waals surface area contributed by atoms with Crippen LogP contribution < -0.4 is 5.32 Å². The molecule has 0 fully saturated rings. The summed E-state index contributed by atoms with van der Waals surface area (Å²) in [5.41, 5.74) is 5.84. The number of aryl methyl sites for hydroxylation is 3. The van der Waals surface area contributed by atoms with Gasteiger partial charge in [-0.3, -0.25) is 14.4 Å². The molecule has 0 saturated heterocycles. The number of hydrogen-bond acceptors (Lipinski definition) is 3. The Balaban J connectivity index is 1.43. The zero-order valence-corrected chi connectivity index (χ0v) is 21.8. The molecule has 4 heteroatoms. The van der Waals surface area contributed by atoms with Crippen LogP contribution in [0.2, 0.25) is 0 Å². The van der Waals surface area contributed by atoms with E-state index in [4.69, 9.17) is 0 Å². The van der Waals surface area contributed by atoms with Gasteiger partial charge in [-0.1, -0.05) is 96.6 Å². The fourth-order valence-corrected chi connectivity index (χ4v) is 4.45. The molecule has 4 nitrogen and oxygen atoms in total. The lowest BCUT2D eigenvalue weighted by Crippen LogP contribution is -2.14. The van der Waals surface area contributed by atoms with Gasteiger partial charge < -0.3 is 5.32 Å². The summed E-state index contributed by atoms with van der Waals surface area (Å²) in [4.78, 5) is 38.7. The molecule has 0 aromatic heterocycles. The highest BCUT2D eigenvalue weighted by Gasteiger charge is 2.16. The van der Waals surface area contributed by atoms with Gasteiger partial charge in [0, 0.05) is 36.1 Å². The maximum Gasteiger partial charge on any atom is 0.224 e. The molecule has 192 valence electrons. The van der Waals surface area contributed by atoms with E-state index in [-0.39, 0.29) is 17.5 Å². The molecule has 1 N–H and O–H groups in total. The summed E-state index contributed by atoms with van der Waals surface area (Å²) < 4.78 is 0. The third-order valence-electron chi connectivity index (χ3n) is 6.58. The Kier molecular flexibility index (Phi) is 9.36. The van der Waals surface area contributed by atoms with Crippen LogP contribution in [0.3, 0.4) is 0 Å². The zero-order chi connectivity index (χ0) is 26.7. The van der Waals surface area contributed by atoms with Crippen LogP contribution in [0.5, 0.6) is 0 Å². The van der Waals surface area contributed by atoms with Gasteiger partial charge in [0.2, 0.25) is 5.91 Å². The van der Waals surface area contributed by atoms with Gasteiger partial charge >= 0.3 is 0 Å². The summed E-state index contributed by atoms with van der Waals surface area (Å²) >= 11 is 0. The van der Waals surface area contributed by atoms with Gasteiger partial charge in [-0.05, 0) is 55.0 Å². The minimum atomic E-state index is -0.119. The lowest BCUT2D eigenvalue weighted by Gasteiger charge is -2.13. The van der Waals surface area contributed by atoms with E-state index in [1.54, 1.807) is 18.2 Å². The number of rotatable bonds is 12. The molecule has 0 unspecified atom stereocenters. The highest BCUT2D eigenvalue weighted by Crippen LogP contribution is 2.22. The molecular weight excluding hydrogens is 470 g/mol. The normalized spacial score (nSPS) is 10.7. The number of hydrogen-bond donors (Lipinski definition) is 1. The van der Waals surface area contributed by atoms with Gasteiger partial charge in [0.15, 0.2) is 5.78 Å². The van der Waals surface area contributed by atoms with Crippen molar-refractivity contribution >= 4 is 23.2 Å². The molecule has 0 aliphatic heterocycles. The molecule has 4 rings (SSSR count). The Hall–Kier alpha value is -4.31. The Morgan fingerprint density at radius 2 is 1.37 bits per heavy atom. The number of benzene rings is 4. The monoisotopic (exact) mass is 503 g/mol. The van der Waals surface area contributed by atoms with E-state index in [1.165, 1.54) is 5.56 Å². The first-order valence-corrected chi connectivity index (χ1v) is 13.1. The fourth-order valence-electron chi connectivity index (χ4n) is 4.45. The number of amides is 1. The van der Waals surface area contributed by atoms with Crippen molar-refractivity contribution in [3.63, 3.8) is 0 Å². The number of carbonyl (C=O) groups is 3. The SMILES string of the molecule is Cc1ccc(CC(=O)CCc2ccc(NC(=O)CCCc3ccccc3)cc2C(=O)c2ccccc2)cc1. The second-order valence-electron chi connectivity index (χ2n) is 9.66. The van der Waals surface area contributed by atoms with Crippen molar-refractivity contribution in [2.45, 2.75) is 45.4 Å². The number of carbonyl (C=O) groups excluding carboxylic acids is 3. The second kappa shape index (κ2) is 13.3. The van der Waals surface area contributed by atoms with E-state index >= 15 is 0 Å². The smallest absolute Gasteiger partial charge is 0.224 e. The fraction of sp³-hybridized carbons (Fsp3) is 0.206. The first-order chi connectivity index (χ1) is 18.5. The maximum atomic E-state index is 13.4.